The molecule has 1 amide bonds. The number of nitrogens with zero attached hydrogens (tertiary/aromatic N) is 1. The van der Waals surface area contributed by atoms with Crippen LogP contribution >= 0.6 is 35.3 Å². The van der Waals surface area contributed by atoms with Gasteiger partial charge in [0, 0.05) is 22.1 Å². The van der Waals surface area contributed by atoms with Crippen LogP contribution in [0, 0.1) is 0 Å². The van der Waals surface area contributed by atoms with Gasteiger partial charge in [-0.15, -0.1) is 0 Å². The van der Waals surface area contributed by atoms with E-state index in [1.165, 1.54) is 27.4 Å². The van der Waals surface area contributed by atoms with Crippen LogP contribution in [0.1, 0.15) is 25.0 Å². The van der Waals surface area contributed by atoms with Crippen molar-refractivity contribution in [3.63, 3.8) is 0 Å². The first-order valence-corrected chi connectivity index (χ1v) is 17.3. The maximum absolute atomic E-state index is 14.3. The summed E-state index contributed by atoms with van der Waals surface area (Å²) in [6.45, 7) is 3.61. The van der Waals surface area contributed by atoms with Crippen LogP contribution < -0.4 is 14.4 Å². The Morgan fingerprint density at radius 1 is 0.700 bits per heavy atom. The molecule has 0 unspecified atom stereocenters. The van der Waals surface area contributed by atoms with Crippen molar-refractivity contribution in [2.75, 3.05) is 47.6 Å². The van der Waals surface area contributed by atoms with E-state index in [4.69, 9.17) is 28.4 Å². The lowest BCUT2D eigenvalue weighted by atomic mass is 9.83. The third-order valence-corrected chi connectivity index (χ3v) is 12.7. The summed E-state index contributed by atoms with van der Waals surface area (Å²) in [5, 5.41) is 0. The fourth-order valence-corrected chi connectivity index (χ4v) is 10.9. The standard InChI is InChI=1S/C35H33NO11S3/c1-34(2)29-24(19-11-9-10-12-20(19)36(34)23(37)16-14-18-13-15-21(42-3)22(17-18)43-4)35(25(30(38)44-5)26(48-29)31(39)45-6)49-27(32(40)46-7)28(50-35)33(41)47-8/h9-17H,1-8H3/b16-14+. The number of amides is 1. The van der Waals surface area contributed by atoms with Gasteiger partial charge in [0.1, 0.15) is 18.8 Å². The van der Waals surface area contributed by atoms with Gasteiger partial charge in [-0.1, -0.05) is 59.6 Å². The number of methoxy groups -OCH3 is 6. The molecule has 0 aromatic heterocycles. The van der Waals surface area contributed by atoms with E-state index in [9.17, 15) is 24.0 Å². The highest BCUT2D eigenvalue weighted by molar-refractivity contribution is 8.26. The van der Waals surface area contributed by atoms with E-state index >= 15 is 0 Å². The Hall–Kier alpha value is -4.60. The maximum atomic E-state index is 14.3. The second-order valence-corrected chi connectivity index (χ2v) is 14.9. The number of esters is 4. The number of benzene rings is 2. The number of thioether (sulfide) groups is 3. The van der Waals surface area contributed by atoms with E-state index in [0.717, 1.165) is 56.6 Å². The Labute approximate surface area is 301 Å². The molecule has 50 heavy (non-hydrogen) atoms. The van der Waals surface area contributed by atoms with Gasteiger partial charge in [0.25, 0.3) is 5.91 Å². The van der Waals surface area contributed by atoms with Gasteiger partial charge in [0.15, 0.2) is 11.5 Å². The van der Waals surface area contributed by atoms with Crippen molar-refractivity contribution in [2.24, 2.45) is 0 Å². The van der Waals surface area contributed by atoms with Gasteiger partial charge in [0.2, 0.25) is 0 Å². The second-order valence-electron chi connectivity index (χ2n) is 11.2. The normalized spacial score (nSPS) is 17.3. The molecule has 0 radical (unpaired) electrons. The minimum atomic E-state index is -1.66. The van der Waals surface area contributed by atoms with Gasteiger partial charge in [0.05, 0.1) is 59.5 Å². The molecule has 262 valence electrons. The third-order valence-electron chi connectivity index (χ3n) is 8.09. The fraction of sp³-hybridized carbons (Fsp3) is 0.286. The number of carbonyl (C=O) groups is 5. The molecular formula is C35H33NO11S3. The molecule has 15 heteroatoms. The molecule has 3 aliphatic rings. The summed E-state index contributed by atoms with van der Waals surface area (Å²) < 4.78 is 29.5. The predicted octanol–water partition coefficient (Wildman–Crippen LogP) is 5.33. The zero-order chi connectivity index (χ0) is 36.5. The Bertz CT molecular complexity index is 1910. The fourth-order valence-electron chi connectivity index (χ4n) is 5.86. The summed E-state index contributed by atoms with van der Waals surface area (Å²) >= 11 is 2.70. The van der Waals surface area contributed by atoms with E-state index in [-0.39, 0.29) is 20.3 Å². The molecule has 3 aliphatic heterocycles. The smallest absolute Gasteiger partial charge is 0.345 e. The molecule has 5 rings (SSSR count). The minimum absolute atomic E-state index is 0.125. The lowest BCUT2D eigenvalue weighted by Crippen LogP contribution is -2.53. The highest BCUT2D eigenvalue weighted by atomic mass is 32.2. The average molecular weight is 740 g/mol. The van der Waals surface area contributed by atoms with Crippen molar-refractivity contribution in [3.05, 3.63) is 84.9 Å². The Balaban J connectivity index is 1.76. The first-order chi connectivity index (χ1) is 23.8. The second kappa shape index (κ2) is 14.3. The van der Waals surface area contributed by atoms with E-state index in [1.807, 2.05) is 0 Å². The van der Waals surface area contributed by atoms with Gasteiger partial charge in [-0.2, -0.15) is 0 Å². The zero-order valence-corrected chi connectivity index (χ0v) is 30.8. The maximum Gasteiger partial charge on any atom is 0.345 e. The molecule has 0 saturated carbocycles. The largest absolute Gasteiger partial charge is 0.493 e. The zero-order valence-electron chi connectivity index (χ0n) is 28.4. The molecule has 2 aromatic rings. The van der Waals surface area contributed by atoms with Gasteiger partial charge < -0.3 is 28.4 Å². The number of carbonyl (C=O) groups excluding carboxylic acids is 5. The van der Waals surface area contributed by atoms with E-state index in [1.54, 1.807) is 67.3 Å². The summed E-state index contributed by atoms with van der Waals surface area (Å²) in [5.41, 5.74) is 0.837. The number of para-hydroxylation sites is 1. The molecule has 0 fully saturated rings. The lowest BCUT2D eigenvalue weighted by Gasteiger charge is -2.50. The Morgan fingerprint density at radius 2 is 1.26 bits per heavy atom. The number of fused-ring (bicyclic) bond motifs is 3. The van der Waals surface area contributed by atoms with Crippen molar-refractivity contribution in [1.29, 1.82) is 0 Å². The summed E-state index contributed by atoms with van der Waals surface area (Å²) in [7, 11) is 7.71. The van der Waals surface area contributed by atoms with Gasteiger partial charge in [-0.25, -0.2) is 19.2 Å². The van der Waals surface area contributed by atoms with Crippen LogP contribution in [0.3, 0.4) is 0 Å². The van der Waals surface area contributed by atoms with Crippen LogP contribution in [0.2, 0.25) is 0 Å². The molecule has 0 saturated heterocycles. The molecule has 2 aromatic carbocycles. The number of anilines is 1. The summed E-state index contributed by atoms with van der Waals surface area (Å²) in [5.74, 6) is -2.79. The van der Waals surface area contributed by atoms with Crippen molar-refractivity contribution >= 4 is 82.4 Å². The molecular weight excluding hydrogens is 707 g/mol. The lowest BCUT2D eigenvalue weighted by molar-refractivity contribution is -0.138. The molecule has 3 heterocycles. The number of ether oxygens (including phenoxy) is 6. The van der Waals surface area contributed by atoms with Crippen LogP contribution in [0.5, 0.6) is 11.5 Å². The predicted molar refractivity (Wildman–Crippen MR) is 191 cm³/mol. The van der Waals surface area contributed by atoms with Crippen LogP contribution in [0.25, 0.3) is 11.6 Å². The van der Waals surface area contributed by atoms with Gasteiger partial charge >= 0.3 is 23.9 Å². The Kier molecular flexibility index (Phi) is 10.5. The Morgan fingerprint density at radius 3 is 1.82 bits per heavy atom. The summed E-state index contributed by atoms with van der Waals surface area (Å²) in [6.07, 6.45) is 3.08. The van der Waals surface area contributed by atoms with E-state index in [2.05, 4.69) is 0 Å². The van der Waals surface area contributed by atoms with Crippen LogP contribution in [-0.4, -0.2) is 82.1 Å². The quantitative estimate of drug-likeness (QED) is 0.195. The van der Waals surface area contributed by atoms with Crippen molar-refractivity contribution in [1.82, 2.24) is 0 Å². The van der Waals surface area contributed by atoms with E-state index in [0.29, 0.717) is 38.8 Å². The minimum Gasteiger partial charge on any atom is -0.493 e. The molecule has 0 atom stereocenters. The van der Waals surface area contributed by atoms with Crippen LogP contribution in [-0.2, 0) is 42.9 Å². The first kappa shape index (κ1) is 36.7. The first-order valence-electron chi connectivity index (χ1n) is 14.8. The SMILES string of the molecule is COC(=O)C1=C(C(=O)OC)SC2(S1)C(C(=O)OC)=C(C(=O)OC)SC1=C2c2ccccc2N(C(=O)/C=C/c2ccc(OC)c(OC)c2)C1(C)C. The van der Waals surface area contributed by atoms with Crippen molar-refractivity contribution in [3.8, 4) is 11.5 Å². The van der Waals surface area contributed by atoms with Gasteiger partial charge in [-0.3, -0.25) is 9.69 Å². The molecule has 12 nitrogen and oxygen atoms in total. The number of rotatable bonds is 8. The van der Waals surface area contributed by atoms with E-state index < -0.39 is 39.4 Å². The highest BCUT2D eigenvalue weighted by Gasteiger charge is 2.61. The molecule has 1 spiro atoms. The van der Waals surface area contributed by atoms with Crippen molar-refractivity contribution < 1.29 is 52.4 Å². The van der Waals surface area contributed by atoms with Crippen LogP contribution in [0.15, 0.2) is 73.7 Å². The molecule has 0 aliphatic carbocycles. The summed E-state index contributed by atoms with van der Waals surface area (Å²) in [4.78, 5) is 69.7. The summed E-state index contributed by atoms with van der Waals surface area (Å²) in [6, 6.07) is 12.3. The van der Waals surface area contributed by atoms with Gasteiger partial charge in [-0.05, 0) is 43.7 Å². The highest BCUT2D eigenvalue weighted by Crippen LogP contribution is 2.71. The molecule has 0 N–H and O–H groups in total. The third kappa shape index (κ3) is 5.96. The topological polar surface area (TPSA) is 144 Å². The van der Waals surface area contributed by atoms with Crippen molar-refractivity contribution in [2.45, 2.75) is 23.5 Å². The average Bonchev–Trinajstić information content (AvgIpc) is 3.52. The van der Waals surface area contributed by atoms with Crippen LogP contribution in [0.4, 0.5) is 5.69 Å². The monoisotopic (exact) mass is 739 g/mol. The number of hydrogen-bond donors (Lipinski definition) is 0. The molecule has 0 bridgehead atoms. The number of hydrogen-bond acceptors (Lipinski definition) is 14.